The minimum absolute atomic E-state index is 0.127. The Morgan fingerprint density at radius 2 is 1.83 bits per heavy atom. The second-order valence-electron chi connectivity index (χ2n) is 8.65. The molecule has 7 nitrogen and oxygen atoms in total. The average molecular weight is 497 g/mol. The van der Waals surface area contributed by atoms with E-state index in [1.807, 2.05) is 25.1 Å². The van der Waals surface area contributed by atoms with Crippen LogP contribution in [0.1, 0.15) is 30.9 Å². The number of aliphatic hydroxyl groups excluding tert-OH is 1. The summed E-state index contributed by atoms with van der Waals surface area (Å²) in [7, 11) is 0. The molecule has 0 fully saturated rings. The van der Waals surface area contributed by atoms with Crippen molar-refractivity contribution < 1.29 is 19.3 Å². The van der Waals surface area contributed by atoms with E-state index >= 15 is 0 Å². The predicted molar refractivity (Wildman–Crippen MR) is 134 cm³/mol. The SMILES string of the molecule is Cc1nc2ccc(-c3cnc(C(C)(C)O)nc3)cc2c(NCc2cc(OCCO)ccc2F)c1Cl. The van der Waals surface area contributed by atoms with Crippen molar-refractivity contribution in [3.05, 3.63) is 76.7 Å². The number of nitrogens with zero attached hydrogens (tertiary/aromatic N) is 3. The normalized spacial score (nSPS) is 11.6. The largest absolute Gasteiger partial charge is 0.491 e. The first-order chi connectivity index (χ1) is 16.7. The van der Waals surface area contributed by atoms with Crippen LogP contribution in [-0.2, 0) is 12.1 Å². The van der Waals surface area contributed by atoms with Crippen molar-refractivity contribution >= 4 is 28.2 Å². The van der Waals surface area contributed by atoms with E-state index in [0.717, 1.165) is 22.0 Å². The molecule has 0 bridgehead atoms. The second-order valence-corrected chi connectivity index (χ2v) is 9.03. The smallest absolute Gasteiger partial charge is 0.159 e. The summed E-state index contributed by atoms with van der Waals surface area (Å²) < 4.78 is 19.9. The number of ether oxygens (including phenoxy) is 1. The number of hydrogen-bond donors (Lipinski definition) is 3. The summed E-state index contributed by atoms with van der Waals surface area (Å²) in [5.41, 5.74) is 2.87. The van der Waals surface area contributed by atoms with Crippen LogP contribution in [-0.4, -0.2) is 38.4 Å². The molecule has 0 amide bonds. The highest BCUT2D eigenvalue weighted by molar-refractivity contribution is 6.35. The zero-order valence-electron chi connectivity index (χ0n) is 19.6. The first kappa shape index (κ1) is 24.8. The van der Waals surface area contributed by atoms with Gasteiger partial charge in [-0.25, -0.2) is 14.4 Å². The Balaban J connectivity index is 1.69. The maximum Gasteiger partial charge on any atom is 0.159 e. The summed E-state index contributed by atoms with van der Waals surface area (Å²) in [5.74, 6) is 0.414. The van der Waals surface area contributed by atoms with Crippen molar-refractivity contribution in [3.63, 3.8) is 0 Å². The maximum absolute atomic E-state index is 14.5. The Hall–Kier alpha value is -3.33. The van der Waals surface area contributed by atoms with Crippen LogP contribution in [0.3, 0.4) is 0 Å². The fourth-order valence-corrected chi connectivity index (χ4v) is 3.84. The molecule has 3 N–H and O–H groups in total. The van der Waals surface area contributed by atoms with Crippen molar-refractivity contribution in [3.8, 4) is 16.9 Å². The summed E-state index contributed by atoms with van der Waals surface area (Å²) in [4.78, 5) is 13.2. The molecule has 2 aromatic heterocycles. The Labute approximate surface area is 207 Å². The van der Waals surface area contributed by atoms with Gasteiger partial charge < -0.3 is 20.3 Å². The van der Waals surface area contributed by atoms with E-state index in [9.17, 15) is 9.50 Å². The minimum Gasteiger partial charge on any atom is -0.491 e. The Kier molecular flexibility index (Phi) is 7.16. The minimum atomic E-state index is -1.14. The third-order valence-electron chi connectivity index (χ3n) is 5.46. The van der Waals surface area contributed by atoms with Crippen LogP contribution in [0, 0.1) is 12.7 Å². The number of fused-ring (bicyclic) bond motifs is 1. The molecule has 0 aliphatic heterocycles. The zero-order valence-corrected chi connectivity index (χ0v) is 20.4. The van der Waals surface area contributed by atoms with E-state index in [4.69, 9.17) is 21.4 Å². The molecule has 35 heavy (non-hydrogen) atoms. The molecule has 4 rings (SSSR count). The van der Waals surface area contributed by atoms with Crippen LogP contribution in [0.15, 0.2) is 48.8 Å². The summed E-state index contributed by atoms with van der Waals surface area (Å²) in [6.45, 7) is 5.23. The number of aromatic nitrogens is 3. The number of nitrogens with one attached hydrogen (secondary N) is 1. The summed E-state index contributed by atoms with van der Waals surface area (Å²) in [6.07, 6.45) is 3.32. The van der Waals surface area contributed by atoms with Gasteiger partial charge in [0.25, 0.3) is 0 Å². The van der Waals surface area contributed by atoms with Crippen LogP contribution in [0.25, 0.3) is 22.0 Å². The fraction of sp³-hybridized carbons (Fsp3) is 0.269. The Bertz CT molecular complexity index is 1360. The van der Waals surface area contributed by atoms with Crippen LogP contribution in [0.2, 0.25) is 5.02 Å². The molecule has 0 aliphatic carbocycles. The van der Waals surface area contributed by atoms with E-state index in [-0.39, 0.29) is 25.6 Å². The van der Waals surface area contributed by atoms with Gasteiger partial charge in [-0.05, 0) is 56.7 Å². The number of hydrogen-bond acceptors (Lipinski definition) is 7. The van der Waals surface area contributed by atoms with Crippen molar-refractivity contribution in [2.45, 2.75) is 32.9 Å². The van der Waals surface area contributed by atoms with E-state index in [1.165, 1.54) is 12.1 Å². The Morgan fingerprint density at radius 3 is 2.51 bits per heavy atom. The van der Waals surface area contributed by atoms with E-state index in [2.05, 4.69) is 20.3 Å². The molecule has 0 spiro atoms. The lowest BCUT2D eigenvalue weighted by atomic mass is 10.0. The molecule has 9 heteroatoms. The van der Waals surface area contributed by atoms with Crippen molar-refractivity contribution in [2.75, 3.05) is 18.5 Å². The lowest BCUT2D eigenvalue weighted by molar-refractivity contribution is 0.0687. The number of halogens is 2. The molecule has 0 radical (unpaired) electrons. The van der Waals surface area contributed by atoms with Crippen LogP contribution in [0.5, 0.6) is 5.75 Å². The van der Waals surface area contributed by atoms with Crippen molar-refractivity contribution in [2.24, 2.45) is 0 Å². The third kappa shape index (κ3) is 5.51. The van der Waals surface area contributed by atoms with E-state index < -0.39 is 5.60 Å². The van der Waals surface area contributed by atoms with Crippen molar-refractivity contribution in [1.29, 1.82) is 0 Å². The number of rotatable bonds is 8. The maximum atomic E-state index is 14.5. The van der Waals surface area contributed by atoms with Gasteiger partial charge in [0.15, 0.2) is 5.82 Å². The summed E-state index contributed by atoms with van der Waals surface area (Å²) in [5, 5.41) is 23.5. The molecular weight excluding hydrogens is 471 g/mol. The van der Waals surface area contributed by atoms with Gasteiger partial charge in [0.2, 0.25) is 0 Å². The van der Waals surface area contributed by atoms with Crippen LogP contribution in [0.4, 0.5) is 10.1 Å². The summed E-state index contributed by atoms with van der Waals surface area (Å²) >= 11 is 6.62. The van der Waals surface area contributed by atoms with Gasteiger partial charge in [0.1, 0.15) is 23.8 Å². The highest BCUT2D eigenvalue weighted by Crippen LogP contribution is 2.35. The number of aryl methyl sites for hydroxylation is 1. The van der Waals surface area contributed by atoms with E-state index in [1.54, 1.807) is 32.3 Å². The molecular formula is C26H26ClFN4O3. The van der Waals surface area contributed by atoms with Gasteiger partial charge in [0, 0.05) is 35.5 Å². The van der Waals surface area contributed by atoms with Crippen LogP contribution >= 0.6 is 11.6 Å². The van der Waals surface area contributed by atoms with Crippen molar-refractivity contribution in [1.82, 2.24) is 15.0 Å². The molecule has 2 aromatic carbocycles. The molecule has 0 atom stereocenters. The van der Waals surface area contributed by atoms with Gasteiger partial charge in [-0.3, -0.25) is 4.98 Å². The predicted octanol–water partition coefficient (Wildman–Crippen LogP) is 5.00. The van der Waals surface area contributed by atoms with Gasteiger partial charge >= 0.3 is 0 Å². The number of anilines is 1. The molecule has 0 saturated heterocycles. The molecule has 182 valence electrons. The number of benzene rings is 2. The highest BCUT2D eigenvalue weighted by Gasteiger charge is 2.19. The fourth-order valence-electron chi connectivity index (χ4n) is 3.63. The number of aliphatic hydroxyl groups is 2. The van der Waals surface area contributed by atoms with E-state index in [0.29, 0.717) is 33.5 Å². The lowest BCUT2D eigenvalue weighted by Crippen LogP contribution is -2.19. The first-order valence-electron chi connectivity index (χ1n) is 11.1. The topological polar surface area (TPSA) is 100 Å². The van der Waals surface area contributed by atoms with Gasteiger partial charge in [0.05, 0.1) is 28.5 Å². The standard InChI is InChI=1S/C26H26ClFN4O3/c1-15-23(27)24(29-12-17-10-19(35-9-8-33)5-6-21(17)28)20-11-16(4-7-22(20)32-15)18-13-30-25(31-14-18)26(2,3)34/h4-7,10-11,13-14,33-34H,8-9,12H2,1-3H3,(H,29,32). The average Bonchev–Trinajstić information content (AvgIpc) is 2.84. The monoisotopic (exact) mass is 496 g/mol. The molecule has 2 heterocycles. The highest BCUT2D eigenvalue weighted by atomic mass is 35.5. The van der Waals surface area contributed by atoms with Gasteiger partial charge in [-0.15, -0.1) is 0 Å². The van der Waals surface area contributed by atoms with Gasteiger partial charge in [-0.2, -0.15) is 0 Å². The molecule has 0 saturated carbocycles. The second kappa shape index (κ2) is 10.1. The molecule has 4 aromatic rings. The molecule has 0 aliphatic rings. The Morgan fingerprint density at radius 1 is 1.09 bits per heavy atom. The summed E-state index contributed by atoms with van der Waals surface area (Å²) in [6, 6.07) is 10.2. The zero-order chi connectivity index (χ0) is 25.2. The first-order valence-corrected chi connectivity index (χ1v) is 11.5. The third-order valence-corrected chi connectivity index (χ3v) is 5.92. The lowest BCUT2D eigenvalue weighted by Gasteiger charge is -2.16. The quantitative estimate of drug-likeness (QED) is 0.315. The van der Waals surface area contributed by atoms with Gasteiger partial charge in [-0.1, -0.05) is 17.7 Å². The number of pyridine rings is 1. The van der Waals surface area contributed by atoms with Crippen LogP contribution < -0.4 is 10.1 Å². The molecule has 0 unspecified atom stereocenters.